The van der Waals surface area contributed by atoms with Crippen molar-refractivity contribution in [3.05, 3.63) is 29.8 Å². The number of anilines is 1. The fourth-order valence-electron chi connectivity index (χ4n) is 2.66. The zero-order valence-corrected chi connectivity index (χ0v) is 11.7. The van der Waals surface area contributed by atoms with E-state index in [0.29, 0.717) is 23.3 Å². The summed E-state index contributed by atoms with van der Waals surface area (Å²) >= 11 is 0. The van der Waals surface area contributed by atoms with Gasteiger partial charge < -0.3 is 10.6 Å². The number of nitrogens with two attached hydrogens (primary N) is 1. The molecule has 18 heavy (non-hydrogen) atoms. The smallest absolute Gasteiger partial charge is 0.254 e. The number of rotatable bonds is 2. The van der Waals surface area contributed by atoms with E-state index in [1.807, 2.05) is 23.1 Å². The average molecular weight is 269 g/mol. The second-order valence-electron chi connectivity index (χ2n) is 4.83. The molecular formula is C14H21ClN2O. The Kier molecular flexibility index (Phi) is 5.03. The molecule has 1 heterocycles. The van der Waals surface area contributed by atoms with Crippen molar-refractivity contribution >= 4 is 24.0 Å². The molecule has 0 bridgehead atoms. The predicted octanol–water partition coefficient (Wildman–Crippen LogP) is 3.09. The lowest BCUT2D eigenvalue weighted by Gasteiger charge is -2.28. The number of carbonyl (C=O) groups is 1. The Hall–Kier alpha value is -1.22. The fourth-order valence-corrected chi connectivity index (χ4v) is 2.66. The van der Waals surface area contributed by atoms with Crippen molar-refractivity contribution in [3.63, 3.8) is 0 Å². The third-order valence-corrected chi connectivity index (χ3v) is 3.63. The topological polar surface area (TPSA) is 46.3 Å². The van der Waals surface area contributed by atoms with Crippen LogP contribution in [0.15, 0.2) is 24.3 Å². The largest absolute Gasteiger partial charge is 0.399 e. The number of carbonyl (C=O) groups excluding carboxylic acids is 1. The molecule has 0 radical (unpaired) electrons. The lowest BCUT2D eigenvalue weighted by Crippen LogP contribution is -2.39. The van der Waals surface area contributed by atoms with E-state index >= 15 is 0 Å². The van der Waals surface area contributed by atoms with Crippen molar-refractivity contribution < 1.29 is 4.79 Å². The van der Waals surface area contributed by atoms with Crippen molar-refractivity contribution in [2.24, 2.45) is 0 Å². The quantitative estimate of drug-likeness (QED) is 0.838. The Balaban J connectivity index is 0.00000162. The number of amides is 1. The van der Waals surface area contributed by atoms with Crippen LogP contribution in [0.5, 0.6) is 0 Å². The molecule has 0 aromatic heterocycles. The van der Waals surface area contributed by atoms with Gasteiger partial charge in [-0.15, -0.1) is 12.4 Å². The third-order valence-electron chi connectivity index (χ3n) is 3.63. The van der Waals surface area contributed by atoms with Crippen LogP contribution in [-0.4, -0.2) is 22.9 Å². The highest BCUT2D eigenvalue weighted by Crippen LogP contribution is 2.28. The number of halogens is 1. The van der Waals surface area contributed by atoms with E-state index in [1.54, 1.807) is 6.07 Å². The summed E-state index contributed by atoms with van der Waals surface area (Å²) in [5, 5.41) is 0. The maximum Gasteiger partial charge on any atom is 0.254 e. The number of likely N-dealkylation sites (tertiary alicyclic amines) is 1. The van der Waals surface area contributed by atoms with E-state index in [1.165, 1.54) is 0 Å². The van der Waals surface area contributed by atoms with Gasteiger partial charge in [-0.2, -0.15) is 0 Å². The summed E-state index contributed by atoms with van der Waals surface area (Å²) in [4.78, 5) is 14.5. The van der Waals surface area contributed by atoms with Gasteiger partial charge >= 0.3 is 0 Å². The third kappa shape index (κ3) is 2.78. The van der Waals surface area contributed by atoms with Crippen molar-refractivity contribution in [2.75, 3.05) is 5.73 Å². The number of nitrogen functional groups attached to an aromatic ring is 1. The van der Waals surface area contributed by atoms with Crippen molar-refractivity contribution in [1.82, 2.24) is 4.90 Å². The first-order chi connectivity index (χ1) is 8.13. The van der Waals surface area contributed by atoms with Crippen molar-refractivity contribution in [2.45, 2.75) is 45.2 Å². The van der Waals surface area contributed by atoms with Gasteiger partial charge in [0.25, 0.3) is 5.91 Å². The molecule has 4 heteroatoms. The molecular weight excluding hydrogens is 248 g/mol. The zero-order valence-electron chi connectivity index (χ0n) is 10.9. The highest BCUT2D eigenvalue weighted by atomic mass is 35.5. The summed E-state index contributed by atoms with van der Waals surface area (Å²) in [6.45, 7) is 4.27. The van der Waals surface area contributed by atoms with E-state index < -0.39 is 0 Å². The van der Waals surface area contributed by atoms with E-state index in [9.17, 15) is 4.79 Å². The van der Waals surface area contributed by atoms with Crippen LogP contribution in [0.3, 0.4) is 0 Å². The Morgan fingerprint density at radius 2 is 2.17 bits per heavy atom. The maximum atomic E-state index is 12.4. The summed E-state index contributed by atoms with van der Waals surface area (Å²) < 4.78 is 0. The Bertz CT molecular complexity index is 422. The molecule has 1 aromatic carbocycles. The molecule has 2 atom stereocenters. The highest BCUT2D eigenvalue weighted by molar-refractivity contribution is 5.95. The van der Waals surface area contributed by atoms with Gasteiger partial charge in [-0.1, -0.05) is 13.0 Å². The molecule has 1 aromatic rings. The Morgan fingerprint density at radius 3 is 2.78 bits per heavy atom. The Morgan fingerprint density at radius 1 is 1.44 bits per heavy atom. The number of nitrogens with zero attached hydrogens (tertiary/aromatic N) is 1. The zero-order chi connectivity index (χ0) is 12.4. The van der Waals surface area contributed by atoms with Crippen LogP contribution in [0, 0.1) is 0 Å². The van der Waals surface area contributed by atoms with Gasteiger partial charge in [0.05, 0.1) is 0 Å². The monoisotopic (exact) mass is 268 g/mol. The van der Waals surface area contributed by atoms with Crippen molar-refractivity contribution in [3.8, 4) is 0 Å². The first-order valence-electron chi connectivity index (χ1n) is 6.31. The second-order valence-corrected chi connectivity index (χ2v) is 4.83. The first-order valence-corrected chi connectivity index (χ1v) is 6.31. The molecule has 1 saturated heterocycles. The second kappa shape index (κ2) is 6.10. The molecule has 100 valence electrons. The standard InChI is InChI=1S/C14H20N2O.ClH/c1-3-13-8-7-10(2)16(13)14(17)11-5-4-6-12(15)9-11;/h4-6,9-10,13H,3,7-8,15H2,1-2H3;1H. The molecule has 2 unspecified atom stereocenters. The van der Waals surface area contributed by atoms with Crippen LogP contribution < -0.4 is 5.73 Å². The molecule has 1 amide bonds. The summed E-state index contributed by atoms with van der Waals surface area (Å²) in [6, 6.07) is 7.98. The van der Waals surface area contributed by atoms with E-state index in [4.69, 9.17) is 5.73 Å². The molecule has 0 aliphatic carbocycles. The minimum Gasteiger partial charge on any atom is -0.399 e. The summed E-state index contributed by atoms with van der Waals surface area (Å²) in [6.07, 6.45) is 3.25. The number of benzene rings is 1. The van der Waals surface area contributed by atoms with Gasteiger partial charge in [0, 0.05) is 23.3 Å². The van der Waals surface area contributed by atoms with Gasteiger partial charge in [0.1, 0.15) is 0 Å². The SMILES string of the molecule is CCC1CCC(C)N1C(=O)c1cccc(N)c1.Cl. The summed E-state index contributed by atoms with van der Waals surface area (Å²) in [5.41, 5.74) is 7.08. The molecule has 2 rings (SSSR count). The lowest BCUT2D eigenvalue weighted by molar-refractivity contribution is 0.0676. The van der Waals surface area contributed by atoms with Gasteiger partial charge in [0.15, 0.2) is 0 Å². The van der Waals surface area contributed by atoms with Crippen LogP contribution in [0.25, 0.3) is 0 Å². The van der Waals surface area contributed by atoms with Crippen LogP contribution in [0.2, 0.25) is 0 Å². The summed E-state index contributed by atoms with van der Waals surface area (Å²) in [7, 11) is 0. The van der Waals surface area contributed by atoms with Crippen LogP contribution in [-0.2, 0) is 0 Å². The van der Waals surface area contributed by atoms with Gasteiger partial charge in [-0.05, 0) is 44.4 Å². The van der Waals surface area contributed by atoms with Crippen LogP contribution in [0.4, 0.5) is 5.69 Å². The van der Waals surface area contributed by atoms with E-state index in [-0.39, 0.29) is 18.3 Å². The van der Waals surface area contributed by atoms with Crippen LogP contribution in [0.1, 0.15) is 43.5 Å². The molecule has 3 nitrogen and oxygen atoms in total. The van der Waals surface area contributed by atoms with Crippen molar-refractivity contribution in [1.29, 1.82) is 0 Å². The van der Waals surface area contributed by atoms with Gasteiger partial charge in [-0.25, -0.2) is 0 Å². The first kappa shape index (κ1) is 14.8. The van der Waals surface area contributed by atoms with E-state index in [0.717, 1.165) is 19.3 Å². The summed E-state index contributed by atoms with van der Waals surface area (Å²) in [5.74, 6) is 0.120. The minimum absolute atomic E-state index is 0. The van der Waals surface area contributed by atoms with Gasteiger partial charge in [-0.3, -0.25) is 4.79 Å². The highest BCUT2D eigenvalue weighted by Gasteiger charge is 2.33. The maximum absolute atomic E-state index is 12.4. The van der Waals surface area contributed by atoms with Gasteiger partial charge in [0.2, 0.25) is 0 Å². The predicted molar refractivity (Wildman–Crippen MR) is 77.0 cm³/mol. The molecule has 1 aliphatic rings. The molecule has 1 fully saturated rings. The molecule has 1 aliphatic heterocycles. The lowest BCUT2D eigenvalue weighted by atomic mass is 10.1. The molecule has 0 saturated carbocycles. The number of hydrogen-bond acceptors (Lipinski definition) is 2. The molecule has 0 spiro atoms. The fraction of sp³-hybridized carbons (Fsp3) is 0.500. The normalized spacial score (nSPS) is 22.7. The molecule has 2 N–H and O–H groups in total. The van der Waals surface area contributed by atoms with E-state index in [2.05, 4.69) is 13.8 Å². The Labute approximate surface area is 115 Å². The number of hydrogen-bond donors (Lipinski definition) is 1. The van der Waals surface area contributed by atoms with Crippen LogP contribution >= 0.6 is 12.4 Å². The minimum atomic E-state index is 0. The average Bonchev–Trinajstić information content (AvgIpc) is 2.69.